The molecule has 0 saturated carbocycles. The zero-order chi connectivity index (χ0) is 12.4. The van der Waals surface area contributed by atoms with Crippen LogP contribution in [0.4, 0.5) is 9.18 Å². The van der Waals surface area contributed by atoms with Gasteiger partial charge < -0.3 is 11.1 Å². The van der Waals surface area contributed by atoms with E-state index in [1.807, 2.05) is 0 Å². The quantitative estimate of drug-likeness (QED) is 0.746. The van der Waals surface area contributed by atoms with Gasteiger partial charge in [-0.1, -0.05) is 12.1 Å². The van der Waals surface area contributed by atoms with Crippen LogP contribution in [0, 0.1) is 5.82 Å². The van der Waals surface area contributed by atoms with Gasteiger partial charge in [-0.15, -0.1) is 0 Å². The fourth-order valence-electron chi connectivity index (χ4n) is 1.65. The average Bonchev–Trinajstić information content (AvgIpc) is 2.61. The second-order valence-corrected chi connectivity index (χ2v) is 3.82. The van der Waals surface area contributed by atoms with E-state index in [0.29, 0.717) is 5.56 Å². The zero-order valence-corrected chi connectivity index (χ0v) is 9.02. The van der Waals surface area contributed by atoms with Crippen molar-refractivity contribution in [2.45, 2.75) is 6.04 Å². The summed E-state index contributed by atoms with van der Waals surface area (Å²) < 4.78 is 12.7. The van der Waals surface area contributed by atoms with Gasteiger partial charge in [-0.05, 0) is 17.7 Å². The maximum absolute atomic E-state index is 12.7. The van der Waals surface area contributed by atoms with Crippen LogP contribution in [0.3, 0.4) is 0 Å². The van der Waals surface area contributed by atoms with Gasteiger partial charge in [-0.25, -0.2) is 9.18 Å². The van der Waals surface area contributed by atoms with Crippen molar-refractivity contribution in [3.05, 3.63) is 35.6 Å². The largest absolute Gasteiger partial charge is 0.329 e. The van der Waals surface area contributed by atoms with Gasteiger partial charge in [0.25, 0.3) is 0 Å². The molecule has 0 radical (unpaired) electrons. The molecule has 5 nitrogen and oxygen atoms in total. The van der Waals surface area contributed by atoms with Crippen LogP contribution in [0.5, 0.6) is 0 Å². The minimum Gasteiger partial charge on any atom is -0.329 e. The molecule has 0 bridgehead atoms. The lowest BCUT2D eigenvalue weighted by molar-refractivity contribution is -0.125. The molecule has 1 fully saturated rings. The summed E-state index contributed by atoms with van der Waals surface area (Å²) in [5.41, 5.74) is 6.53. The van der Waals surface area contributed by atoms with Crippen LogP contribution in [0.2, 0.25) is 0 Å². The Morgan fingerprint density at radius 3 is 2.53 bits per heavy atom. The number of benzene rings is 1. The fraction of sp³-hybridized carbons (Fsp3) is 0.273. The first kappa shape index (κ1) is 11.5. The van der Waals surface area contributed by atoms with Crippen LogP contribution in [0.25, 0.3) is 0 Å². The molecule has 1 aliphatic rings. The molecule has 1 atom stereocenters. The highest BCUT2D eigenvalue weighted by molar-refractivity contribution is 6.01. The van der Waals surface area contributed by atoms with E-state index in [9.17, 15) is 14.0 Å². The summed E-state index contributed by atoms with van der Waals surface area (Å²) in [5, 5.41) is 2.41. The van der Waals surface area contributed by atoms with Gasteiger partial charge in [0.05, 0.1) is 6.54 Å². The number of halogens is 1. The molecule has 3 N–H and O–H groups in total. The molecule has 1 aromatic rings. The number of rotatable bonds is 3. The fourth-order valence-corrected chi connectivity index (χ4v) is 1.65. The standard InChI is InChI=1S/C11H12FN3O2/c12-8-3-1-7(2-4-8)9(13)6-15-10(16)5-14-11(15)17/h1-4,9H,5-6,13H2,(H,14,17). The van der Waals surface area contributed by atoms with Crippen molar-refractivity contribution in [3.8, 4) is 0 Å². The number of imide groups is 1. The molecule has 90 valence electrons. The number of nitrogens with two attached hydrogens (primary N) is 1. The first-order chi connectivity index (χ1) is 8.08. The molecule has 3 amide bonds. The van der Waals surface area contributed by atoms with Gasteiger partial charge in [0.15, 0.2) is 0 Å². The van der Waals surface area contributed by atoms with Crippen LogP contribution in [-0.4, -0.2) is 29.9 Å². The highest BCUT2D eigenvalue weighted by atomic mass is 19.1. The number of carbonyl (C=O) groups excluding carboxylic acids is 2. The van der Waals surface area contributed by atoms with Gasteiger partial charge in [-0.2, -0.15) is 0 Å². The predicted molar refractivity (Wildman–Crippen MR) is 58.4 cm³/mol. The molecule has 2 rings (SSSR count). The van der Waals surface area contributed by atoms with E-state index in [0.717, 1.165) is 4.90 Å². The number of carbonyl (C=O) groups is 2. The third-order valence-electron chi connectivity index (χ3n) is 2.61. The molecule has 1 aromatic carbocycles. The summed E-state index contributed by atoms with van der Waals surface area (Å²) in [4.78, 5) is 23.7. The lowest BCUT2D eigenvalue weighted by Gasteiger charge is -2.18. The Morgan fingerprint density at radius 1 is 1.35 bits per heavy atom. The van der Waals surface area contributed by atoms with E-state index >= 15 is 0 Å². The van der Waals surface area contributed by atoms with Crippen LogP contribution >= 0.6 is 0 Å². The SMILES string of the molecule is NC(CN1C(=O)CNC1=O)c1ccc(F)cc1. The average molecular weight is 237 g/mol. The molecule has 0 spiro atoms. The zero-order valence-electron chi connectivity index (χ0n) is 9.02. The van der Waals surface area contributed by atoms with Gasteiger partial charge >= 0.3 is 6.03 Å². The van der Waals surface area contributed by atoms with E-state index in [-0.39, 0.29) is 24.8 Å². The molecule has 0 aliphatic carbocycles. The lowest BCUT2D eigenvalue weighted by atomic mass is 10.1. The Morgan fingerprint density at radius 2 is 2.00 bits per heavy atom. The van der Waals surface area contributed by atoms with Crippen LogP contribution in [-0.2, 0) is 4.79 Å². The maximum atomic E-state index is 12.7. The molecule has 1 heterocycles. The molecule has 17 heavy (non-hydrogen) atoms. The van der Waals surface area contributed by atoms with Crippen molar-refractivity contribution in [2.75, 3.05) is 13.1 Å². The molecular weight excluding hydrogens is 225 g/mol. The molecule has 6 heteroatoms. The summed E-state index contributed by atoms with van der Waals surface area (Å²) in [7, 11) is 0. The summed E-state index contributed by atoms with van der Waals surface area (Å²) in [5.74, 6) is -0.650. The highest BCUT2D eigenvalue weighted by Gasteiger charge is 2.29. The second kappa shape index (κ2) is 4.50. The molecule has 0 aromatic heterocycles. The minimum atomic E-state index is -0.511. The van der Waals surface area contributed by atoms with Crippen LogP contribution in [0.15, 0.2) is 24.3 Å². The van der Waals surface area contributed by atoms with E-state index in [1.54, 1.807) is 12.1 Å². The van der Waals surface area contributed by atoms with Crippen molar-refractivity contribution >= 4 is 11.9 Å². The van der Waals surface area contributed by atoms with Crippen LogP contribution < -0.4 is 11.1 Å². The van der Waals surface area contributed by atoms with Crippen molar-refractivity contribution in [1.29, 1.82) is 0 Å². The Kier molecular flexibility index (Phi) is 3.06. The summed E-state index contributed by atoms with van der Waals surface area (Å²) >= 11 is 0. The van der Waals surface area contributed by atoms with Crippen molar-refractivity contribution in [1.82, 2.24) is 10.2 Å². The molecule has 1 aliphatic heterocycles. The molecule has 1 unspecified atom stereocenters. The Hall–Kier alpha value is -1.95. The number of amides is 3. The third kappa shape index (κ3) is 2.42. The second-order valence-electron chi connectivity index (χ2n) is 3.82. The van der Waals surface area contributed by atoms with E-state index in [4.69, 9.17) is 5.73 Å². The number of nitrogens with one attached hydrogen (secondary N) is 1. The minimum absolute atomic E-state index is 0.00890. The normalized spacial score (nSPS) is 17.2. The number of nitrogens with zero attached hydrogens (tertiary/aromatic N) is 1. The maximum Gasteiger partial charge on any atom is 0.324 e. The first-order valence-electron chi connectivity index (χ1n) is 5.17. The Bertz CT molecular complexity index is 431. The predicted octanol–water partition coefficient (Wildman–Crippen LogP) is 0.377. The lowest BCUT2D eigenvalue weighted by Crippen LogP contribution is -2.37. The topological polar surface area (TPSA) is 75.4 Å². The van der Waals surface area contributed by atoms with Crippen LogP contribution in [0.1, 0.15) is 11.6 Å². The Labute approximate surface area is 97.4 Å². The van der Waals surface area contributed by atoms with Crippen molar-refractivity contribution in [2.24, 2.45) is 5.73 Å². The molecule has 1 saturated heterocycles. The van der Waals surface area contributed by atoms with Crippen molar-refractivity contribution in [3.63, 3.8) is 0 Å². The summed E-state index contributed by atoms with van der Waals surface area (Å²) in [6.45, 7) is 0.102. The third-order valence-corrected chi connectivity index (χ3v) is 2.61. The first-order valence-corrected chi connectivity index (χ1v) is 5.17. The smallest absolute Gasteiger partial charge is 0.324 e. The van der Waals surface area contributed by atoms with E-state index in [2.05, 4.69) is 5.32 Å². The number of hydrogen-bond acceptors (Lipinski definition) is 3. The number of urea groups is 1. The van der Waals surface area contributed by atoms with Gasteiger partial charge in [0.2, 0.25) is 5.91 Å². The number of hydrogen-bond donors (Lipinski definition) is 2. The van der Waals surface area contributed by atoms with E-state index in [1.165, 1.54) is 12.1 Å². The van der Waals surface area contributed by atoms with E-state index < -0.39 is 12.1 Å². The Balaban J connectivity index is 2.06. The molecular formula is C11H12FN3O2. The van der Waals surface area contributed by atoms with Gasteiger partial charge in [0, 0.05) is 12.6 Å². The summed E-state index contributed by atoms with van der Waals surface area (Å²) in [6, 6.07) is 4.72. The monoisotopic (exact) mass is 237 g/mol. The summed E-state index contributed by atoms with van der Waals surface area (Å²) in [6.07, 6.45) is 0. The highest BCUT2D eigenvalue weighted by Crippen LogP contribution is 2.14. The van der Waals surface area contributed by atoms with Crippen molar-refractivity contribution < 1.29 is 14.0 Å². The van der Waals surface area contributed by atoms with Gasteiger partial charge in [-0.3, -0.25) is 9.69 Å². The van der Waals surface area contributed by atoms with Gasteiger partial charge in [0.1, 0.15) is 5.82 Å².